The van der Waals surface area contributed by atoms with Gasteiger partial charge in [-0.05, 0) is 19.3 Å². The van der Waals surface area contributed by atoms with Crippen molar-refractivity contribution in [3.8, 4) is 0 Å². The molecule has 1 unspecified atom stereocenters. The van der Waals surface area contributed by atoms with Crippen LogP contribution in [0.25, 0.3) is 0 Å². The molecule has 0 aliphatic carbocycles. The monoisotopic (exact) mass is 656 g/mol. The van der Waals surface area contributed by atoms with Crippen molar-refractivity contribution in [1.29, 1.82) is 0 Å². The number of ether oxygens (including phenoxy) is 14. The summed E-state index contributed by atoms with van der Waals surface area (Å²) in [7, 11) is 0. The van der Waals surface area contributed by atoms with Gasteiger partial charge < -0.3 is 66.3 Å². The highest BCUT2D eigenvalue weighted by Gasteiger charge is 2.13. The maximum Gasteiger partial charge on any atom is 0.157 e. The minimum Gasteiger partial charge on any atom is -0.499 e. The Bertz CT molecular complexity index is 568. The van der Waals surface area contributed by atoms with Crippen molar-refractivity contribution >= 4 is 0 Å². The Labute approximate surface area is 270 Å². The Hall–Kier alpha value is -0.980. The van der Waals surface area contributed by atoms with Crippen LogP contribution in [-0.4, -0.2) is 171 Å². The fourth-order valence-electron chi connectivity index (χ4n) is 3.57. The van der Waals surface area contributed by atoms with Crippen LogP contribution < -0.4 is 0 Å². The molecule has 1 heterocycles. The zero-order chi connectivity index (χ0) is 32.0. The first-order valence-electron chi connectivity index (χ1n) is 16.2. The van der Waals surface area contributed by atoms with Gasteiger partial charge in [-0.25, -0.2) is 0 Å². The first-order valence-corrected chi connectivity index (χ1v) is 16.2. The van der Waals surface area contributed by atoms with Gasteiger partial charge >= 0.3 is 0 Å². The fraction of sp³-hybridized carbons (Fsp3) is 0.935. The normalized spacial score (nSPS) is 15.1. The Morgan fingerprint density at radius 2 is 0.689 bits per heavy atom. The molecule has 0 aromatic heterocycles. The highest BCUT2D eigenvalue weighted by Crippen LogP contribution is 2.13. The van der Waals surface area contributed by atoms with Gasteiger partial charge in [-0.15, -0.1) is 0 Å². The molecule has 0 N–H and O–H groups in total. The third-order valence-electron chi connectivity index (χ3n) is 5.85. The highest BCUT2D eigenvalue weighted by molar-refractivity contribution is 4.53. The van der Waals surface area contributed by atoms with Crippen molar-refractivity contribution in [3.05, 3.63) is 12.8 Å². The topological polar surface area (TPSA) is 129 Å². The molecule has 0 bridgehead atoms. The first-order chi connectivity index (χ1) is 22.4. The molecule has 1 aliphatic heterocycles. The third-order valence-corrected chi connectivity index (χ3v) is 5.85. The van der Waals surface area contributed by atoms with Gasteiger partial charge in [0.25, 0.3) is 0 Å². The van der Waals surface area contributed by atoms with Gasteiger partial charge in [-0.1, -0.05) is 6.58 Å². The lowest BCUT2D eigenvalue weighted by molar-refractivity contribution is -0.169. The quantitative estimate of drug-likeness (QED) is 0.0708. The lowest BCUT2D eigenvalue weighted by Crippen LogP contribution is -2.24. The van der Waals surface area contributed by atoms with Gasteiger partial charge in [-0.2, -0.15) is 0 Å². The summed E-state index contributed by atoms with van der Waals surface area (Å²) < 4.78 is 76.0. The Morgan fingerprint density at radius 3 is 0.956 bits per heavy atom. The Kier molecular flexibility index (Phi) is 35.0. The number of hydrogen-bond acceptors (Lipinski definition) is 14. The summed E-state index contributed by atoms with van der Waals surface area (Å²) in [5.41, 5.74) is 0. The van der Waals surface area contributed by atoms with Crippen molar-refractivity contribution < 1.29 is 66.3 Å². The summed E-state index contributed by atoms with van der Waals surface area (Å²) in [5, 5.41) is 0. The van der Waals surface area contributed by atoms with Crippen LogP contribution in [0.3, 0.4) is 0 Å². The van der Waals surface area contributed by atoms with Gasteiger partial charge in [0.2, 0.25) is 0 Å². The standard InChI is InChI=1S/C31H60O14/c1-2-32-7-8-33-9-10-34-11-12-35-13-14-36-15-16-37-17-18-38-19-20-39-21-22-40-23-24-41-25-26-42-27-28-43-29-30-45-31-5-3-4-6-44-31/h2,31H,1,3-30H2. The largest absolute Gasteiger partial charge is 0.499 e. The van der Waals surface area contributed by atoms with E-state index < -0.39 is 0 Å². The predicted octanol–water partition coefficient (Wildman–Crippen LogP) is 1.87. The lowest BCUT2D eigenvalue weighted by Gasteiger charge is -2.22. The van der Waals surface area contributed by atoms with Crippen molar-refractivity contribution in [2.75, 3.05) is 165 Å². The second kappa shape index (κ2) is 37.5. The molecule has 1 atom stereocenters. The summed E-state index contributed by atoms with van der Waals surface area (Å²) >= 11 is 0. The average molecular weight is 657 g/mol. The zero-order valence-electron chi connectivity index (χ0n) is 27.4. The maximum absolute atomic E-state index is 5.61. The van der Waals surface area contributed by atoms with Crippen LogP contribution in [0.5, 0.6) is 0 Å². The molecule has 1 saturated heterocycles. The van der Waals surface area contributed by atoms with E-state index in [1.54, 1.807) is 0 Å². The van der Waals surface area contributed by atoms with Gasteiger partial charge in [-0.3, -0.25) is 0 Å². The van der Waals surface area contributed by atoms with Crippen molar-refractivity contribution in [1.82, 2.24) is 0 Å². The minimum absolute atomic E-state index is 0.0661. The van der Waals surface area contributed by atoms with Crippen LogP contribution in [0.4, 0.5) is 0 Å². The van der Waals surface area contributed by atoms with E-state index in [-0.39, 0.29) is 6.29 Å². The third kappa shape index (κ3) is 34.2. The van der Waals surface area contributed by atoms with E-state index in [2.05, 4.69) is 6.58 Å². The maximum atomic E-state index is 5.61. The summed E-state index contributed by atoms with van der Waals surface area (Å²) in [5.74, 6) is 0. The van der Waals surface area contributed by atoms with E-state index in [9.17, 15) is 0 Å². The van der Waals surface area contributed by atoms with E-state index in [1.807, 2.05) is 0 Å². The van der Waals surface area contributed by atoms with Crippen LogP contribution >= 0.6 is 0 Å². The summed E-state index contributed by atoms with van der Waals surface area (Å²) in [6.45, 7) is 16.7. The Morgan fingerprint density at radius 1 is 0.400 bits per heavy atom. The molecule has 14 nitrogen and oxygen atoms in total. The van der Waals surface area contributed by atoms with E-state index >= 15 is 0 Å². The molecule has 0 spiro atoms. The van der Waals surface area contributed by atoms with Crippen molar-refractivity contribution in [3.63, 3.8) is 0 Å². The van der Waals surface area contributed by atoms with Gasteiger partial charge in [0, 0.05) is 6.61 Å². The number of hydrogen-bond donors (Lipinski definition) is 0. The minimum atomic E-state index is -0.0661. The molecular weight excluding hydrogens is 596 g/mol. The van der Waals surface area contributed by atoms with E-state index in [4.69, 9.17) is 66.3 Å². The molecule has 0 radical (unpaired) electrons. The second-order valence-electron chi connectivity index (χ2n) is 9.44. The van der Waals surface area contributed by atoms with E-state index in [0.29, 0.717) is 159 Å². The molecule has 0 aromatic rings. The first kappa shape index (κ1) is 42.0. The molecule has 0 saturated carbocycles. The van der Waals surface area contributed by atoms with E-state index in [0.717, 1.165) is 25.9 Å². The fourth-order valence-corrected chi connectivity index (χ4v) is 3.57. The van der Waals surface area contributed by atoms with Gasteiger partial charge in [0.1, 0.15) is 6.61 Å². The van der Waals surface area contributed by atoms with Crippen molar-refractivity contribution in [2.45, 2.75) is 25.6 Å². The highest BCUT2D eigenvalue weighted by atomic mass is 16.7. The molecule has 0 amide bonds. The van der Waals surface area contributed by atoms with Crippen LogP contribution in [0.2, 0.25) is 0 Å². The lowest BCUT2D eigenvalue weighted by atomic mass is 10.2. The second-order valence-corrected chi connectivity index (χ2v) is 9.44. The molecule has 1 rings (SSSR count). The molecule has 0 aromatic carbocycles. The summed E-state index contributed by atoms with van der Waals surface area (Å²) in [6.07, 6.45) is 4.59. The van der Waals surface area contributed by atoms with Crippen LogP contribution in [0.1, 0.15) is 19.3 Å². The summed E-state index contributed by atoms with van der Waals surface area (Å²) in [6, 6.07) is 0. The van der Waals surface area contributed by atoms with Crippen LogP contribution in [-0.2, 0) is 66.3 Å². The van der Waals surface area contributed by atoms with Crippen molar-refractivity contribution in [2.24, 2.45) is 0 Å². The molecule has 1 aliphatic rings. The molecule has 1 fully saturated rings. The predicted molar refractivity (Wildman–Crippen MR) is 165 cm³/mol. The zero-order valence-corrected chi connectivity index (χ0v) is 27.4. The smallest absolute Gasteiger partial charge is 0.157 e. The number of rotatable bonds is 38. The van der Waals surface area contributed by atoms with Gasteiger partial charge in [0.05, 0.1) is 158 Å². The SMILES string of the molecule is C=COCCOCCOCCOCCOCCOCCOCCOCCOCCOCCOCCOCCOC1CCCCO1. The molecular formula is C31H60O14. The van der Waals surface area contributed by atoms with Crippen LogP contribution in [0.15, 0.2) is 12.8 Å². The molecule has 14 heteroatoms. The Balaban J connectivity index is 1.60. The summed E-state index contributed by atoms with van der Waals surface area (Å²) in [4.78, 5) is 0. The molecule has 268 valence electrons. The van der Waals surface area contributed by atoms with E-state index in [1.165, 1.54) is 6.26 Å². The van der Waals surface area contributed by atoms with Gasteiger partial charge in [0.15, 0.2) is 6.29 Å². The molecule has 45 heavy (non-hydrogen) atoms. The average Bonchev–Trinajstić information content (AvgIpc) is 3.06. The van der Waals surface area contributed by atoms with Crippen LogP contribution in [0, 0.1) is 0 Å².